The van der Waals surface area contributed by atoms with Crippen LogP contribution in [-0.4, -0.2) is 12.0 Å². The quantitative estimate of drug-likeness (QED) is 0.768. The van der Waals surface area contributed by atoms with Crippen LogP contribution < -0.4 is 5.32 Å². The average Bonchev–Trinajstić information content (AvgIpc) is 2.28. The van der Waals surface area contributed by atoms with Crippen LogP contribution in [0.4, 0.5) is 5.69 Å². The van der Waals surface area contributed by atoms with E-state index in [9.17, 15) is 4.79 Å². The Kier molecular flexibility index (Phi) is 5.53. The van der Waals surface area contributed by atoms with Crippen LogP contribution in [0.25, 0.3) is 0 Å². The average molecular weight is 235 g/mol. The predicted molar refractivity (Wildman–Crippen MR) is 69.9 cm³/mol. The van der Waals surface area contributed by atoms with Gasteiger partial charge in [-0.3, -0.25) is 4.79 Å². The van der Waals surface area contributed by atoms with E-state index in [0.29, 0.717) is 19.1 Å². The van der Waals surface area contributed by atoms with Crippen molar-refractivity contribution in [2.45, 2.75) is 46.3 Å². The van der Waals surface area contributed by atoms with Gasteiger partial charge in [0.1, 0.15) is 6.61 Å². The molecule has 0 atom stereocenters. The van der Waals surface area contributed by atoms with E-state index in [2.05, 4.69) is 19.2 Å². The number of ether oxygens (including phenoxy) is 1. The van der Waals surface area contributed by atoms with Gasteiger partial charge in [-0.1, -0.05) is 19.1 Å². The molecule has 0 heterocycles. The molecule has 0 saturated carbocycles. The molecular formula is C14H21NO2. The van der Waals surface area contributed by atoms with Crippen LogP contribution in [0.2, 0.25) is 0 Å². The SMILES string of the molecule is CCCC(=O)OCc1ccc(NC(C)C)cc1. The second kappa shape index (κ2) is 6.94. The topological polar surface area (TPSA) is 38.3 Å². The smallest absolute Gasteiger partial charge is 0.306 e. The van der Waals surface area contributed by atoms with Crippen molar-refractivity contribution in [1.29, 1.82) is 0 Å². The third-order valence-corrected chi connectivity index (χ3v) is 2.26. The van der Waals surface area contributed by atoms with Gasteiger partial charge in [0.2, 0.25) is 0 Å². The van der Waals surface area contributed by atoms with Gasteiger partial charge in [0, 0.05) is 18.2 Å². The molecule has 0 radical (unpaired) electrons. The Labute approximate surface area is 103 Å². The van der Waals surface area contributed by atoms with Crippen molar-refractivity contribution in [2.24, 2.45) is 0 Å². The highest BCUT2D eigenvalue weighted by Gasteiger charge is 2.01. The first-order valence-corrected chi connectivity index (χ1v) is 6.13. The summed E-state index contributed by atoms with van der Waals surface area (Å²) in [5.41, 5.74) is 2.10. The highest BCUT2D eigenvalue weighted by molar-refractivity contribution is 5.69. The Morgan fingerprint density at radius 3 is 2.47 bits per heavy atom. The van der Waals surface area contributed by atoms with Gasteiger partial charge in [0.05, 0.1) is 0 Å². The van der Waals surface area contributed by atoms with E-state index in [1.165, 1.54) is 0 Å². The molecular weight excluding hydrogens is 214 g/mol. The van der Waals surface area contributed by atoms with E-state index >= 15 is 0 Å². The second-order valence-corrected chi connectivity index (χ2v) is 4.41. The number of benzene rings is 1. The summed E-state index contributed by atoms with van der Waals surface area (Å²) in [6.45, 7) is 6.52. The van der Waals surface area contributed by atoms with Gasteiger partial charge in [0.25, 0.3) is 0 Å². The van der Waals surface area contributed by atoms with Crippen molar-refractivity contribution < 1.29 is 9.53 Å². The minimum atomic E-state index is -0.128. The van der Waals surface area contributed by atoms with Crippen LogP contribution in [0, 0.1) is 0 Å². The maximum absolute atomic E-state index is 11.2. The number of esters is 1. The number of rotatable bonds is 6. The lowest BCUT2D eigenvalue weighted by Crippen LogP contribution is -2.09. The zero-order chi connectivity index (χ0) is 12.7. The fraction of sp³-hybridized carbons (Fsp3) is 0.500. The van der Waals surface area contributed by atoms with E-state index < -0.39 is 0 Å². The fourth-order valence-corrected chi connectivity index (χ4v) is 1.47. The molecule has 3 nitrogen and oxygen atoms in total. The predicted octanol–water partition coefficient (Wildman–Crippen LogP) is 3.35. The lowest BCUT2D eigenvalue weighted by atomic mass is 10.2. The summed E-state index contributed by atoms with van der Waals surface area (Å²) < 4.78 is 5.13. The number of hydrogen-bond acceptors (Lipinski definition) is 3. The van der Waals surface area contributed by atoms with Gasteiger partial charge in [-0.05, 0) is 38.0 Å². The van der Waals surface area contributed by atoms with Crippen LogP contribution in [-0.2, 0) is 16.1 Å². The zero-order valence-corrected chi connectivity index (χ0v) is 10.8. The first-order chi connectivity index (χ1) is 8.11. The molecule has 94 valence electrons. The molecule has 0 aliphatic heterocycles. The molecule has 1 aromatic carbocycles. The molecule has 1 rings (SSSR count). The molecule has 0 aliphatic carbocycles. The third-order valence-electron chi connectivity index (χ3n) is 2.26. The van der Waals surface area contributed by atoms with Crippen LogP contribution in [0.1, 0.15) is 39.2 Å². The highest BCUT2D eigenvalue weighted by Crippen LogP contribution is 2.11. The molecule has 0 bridgehead atoms. The van der Waals surface area contributed by atoms with E-state index in [4.69, 9.17) is 4.74 Å². The molecule has 0 fully saturated rings. The number of hydrogen-bond donors (Lipinski definition) is 1. The van der Waals surface area contributed by atoms with E-state index in [0.717, 1.165) is 17.7 Å². The first-order valence-electron chi connectivity index (χ1n) is 6.13. The first kappa shape index (κ1) is 13.6. The number of carbonyl (C=O) groups excluding carboxylic acids is 1. The van der Waals surface area contributed by atoms with Gasteiger partial charge in [-0.25, -0.2) is 0 Å². The molecule has 0 amide bonds. The van der Waals surface area contributed by atoms with E-state index in [1.807, 2.05) is 31.2 Å². The Morgan fingerprint density at radius 1 is 1.29 bits per heavy atom. The summed E-state index contributed by atoms with van der Waals surface area (Å²) in [5.74, 6) is -0.128. The van der Waals surface area contributed by atoms with Crippen molar-refractivity contribution in [3.8, 4) is 0 Å². The zero-order valence-electron chi connectivity index (χ0n) is 10.8. The highest BCUT2D eigenvalue weighted by atomic mass is 16.5. The van der Waals surface area contributed by atoms with Crippen molar-refractivity contribution in [3.63, 3.8) is 0 Å². The summed E-state index contributed by atoms with van der Waals surface area (Å²) in [6, 6.07) is 8.38. The Hall–Kier alpha value is -1.51. The molecule has 1 N–H and O–H groups in total. The number of carbonyl (C=O) groups is 1. The molecule has 3 heteroatoms. The third kappa shape index (κ3) is 5.38. The summed E-state index contributed by atoms with van der Waals surface area (Å²) in [6.07, 6.45) is 1.32. The molecule has 0 unspecified atom stereocenters. The van der Waals surface area contributed by atoms with Gasteiger partial charge >= 0.3 is 5.97 Å². The normalized spacial score (nSPS) is 10.4. The van der Waals surface area contributed by atoms with Gasteiger partial charge in [-0.15, -0.1) is 0 Å². The Bertz CT molecular complexity index is 344. The summed E-state index contributed by atoms with van der Waals surface area (Å²) >= 11 is 0. The van der Waals surface area contributed by atoms with Crippen molar-refractivity contribution in [3.05, 3.63) is 29.8 Å². The van der Waals surface area contributed by atoms with Crippen molar-refractivity contribution in [2.75, 3.05) is 5.32 Å². The minimum Gasteiger partial charge on any atom is -0.461 e. The molecule has 0 saturated heterocycles. The molecule has 17 heavy (non-hydrogen) atoms. The summed E-state index contributed by atoms with van der Waals surface area (Å²) in [5, 5.41) is 3.31. The Morgan fingerprint density at radius 2 is 1.94 bits per heavy atom. The van der Waals surface area contributed by atoms with Crippen LogP contribution in [0.15, 0.2) is 24.3 Å². The molecule has 0 aromatic heterocycles. The molecule has 0 spiro atoms. The number of nitrogens with one attached hydrogen (secondary N) is 1. The monoisotopic (exact) mass is 235 g/mol. The maximum Gasteiger partial charge on any atom is 0.306 e. The standard InChI is InChI=1S/C14H21NO2/c1-4-5-14(16)17-10-12-6-8-13(9-7-12)15-11(2)3/h6-9,11,15H,4-5,10H2,1-3H3. The van der Waals surface area contributed by atoms with Crippen LogP contribution in [0.3, 0.4) is 0 Å². The van der Waals surface area contributed by atoms with Crippen LogP contribution in [0.5, 0.6) is 0 Å². The summed E-state index contributed by atoms with van der Waals surface area (Å²) in [7, 11) is 0. The van der Waals surface area contributed by atoms with Gasteiger partial charge in [0.15, 0.2) is 0 Å². The lowest BCUT2D eigenvalue weighted by Gasteiger charge is -2.10. The summed E-state index contributed by atoms with van der Waals surface area (Å²) in [4.78, 5) is 11.2. The molecule has 1 aromatic rings. The van der Waals surface area contributed by atoms with Crippen LogP contribution >= 0.6 is 0 Å². The van der Waals surface area contributed by atoms with Gasteiger partial charge < -0.3 is 10.1 Å². The fourth-order valence-electron chi connectivity index (χ4n) is 1.47. The van der Waals surface area contributed by atoms with Gasteiger partial charge in [-0.2, -0.15) is 0 Å². The Balaban J connectivity index is 2.42. The minimum absolute atomic E-state index is 0.128. The maximum atomic E-state index is 11.2. The second-order valence-electron chi connectivity index (χ2n) is 4.41. The molecule has 0 aliphatic rings. The van der Waals surface area contributed by atoms with E-state index in [-0.39, 0.29) is 5.97 Å². The largest absolute Gasteiger partial charge is 0.461 e. The van der Waals surface area contributed by atoms with Crippen molar-refractivity contribution in [1.82, 2.24) is 0 Å². The van der Waals surface area contributed by atoms with E-state index in [1.54, 1.807) is 0 Å². The number of anilines is 1. The van der Waals surface area contributed by atoms with Crippen molar-refractivity contribution >= 4 is 11.7 Å². The lowest BCUT2D eigenvalue weighted by molar-refractivity contribution is -0.144.